The number of hydrogen-bond donors (Lipinski definition) is 0. The normalized spacial score (nSPS) is 28.8. The highest BCUT2D eigenvalue weighted by Gasteiger charge is 2.41. The van der Waals surface area contributed by atoms with Crippen LogP contribution in [0.2, 0.25) is 0 Å². The first kappa shape index (κ1) is 17.1. The van der Waals surface area contributed by atoms with E-state index in [9.17, 15) is 8.42 Å². The van der Waals surface area contributed by atoms with Crippen molar-refractivity contribution < 1.29 is 13.2 Å². The van der Waals surface area contributed by atoms with Gasteiger partial charge < -0.3 is 14.5 Å². The van der Waals surface area contributed by atoms with Gasteiger partial charge in [0.1, 0.15) is 0 Å². The molecule has 2 atom stereocenters. The molecule has 0 radical (unpaired) electrons. The van der Waals surface area contributed by atoms with E-state index in [0.717, 1.165) is 32.6 Å². The molecule has 0 saturated carbocycles. The molecular formula is C14H29N3O3S. The van der Waals surface area contributed by atoms with Crippen molar-refractivity contribution in [2.24, 2.45) is 0 Å². The molecule has 124 valence electrons. The average Bonchev–Trinajstić information content (AvgIpc) is 2.47. The first-order valence-electron chi connectivity index (χ1n) is 8.00. The van der Waals surface area contributed by atoms with Gasteiger partial charge in [0.25, 0.3) is 0 Å². The van der Waals surface area contributed by atoms with Gasteiger partial charge in [-0.25, -0.2) is 8.42 Å². The van der Waals surface area contributed by atoms with Gasteiger partial charge in [0.05, 0.1) is 24.5 Å². The van der Waals surface area contributed by atoms with Gasteiger partial charge >= 0.3 is 0 Å². The van der Waals surface area contributed by atoms with Gasteiger partial charge in [0, 0.05) is 26.2 Å². The number of likely N-dealkylation sites (N-methyl/N-ethyl adjacent to an activating group) is 1. The topological polar surface area (TPSA) is 53.1 Å². The van der Waals surface area contributed by atoms with E-state index in [-0.39, 0.29) is 17.9 Å². The maximum atomic E-state index is 12.7. The number of likely N-dealkylation sites (tertiary alicyclic amines) is 1. The number of nitrogens with zero attached hydrogens (tertiary/aromatic N) is 3. The SMILES string of the molecule is CCN(CC)CCS(=O)(=O)N1CCOC2CCN(C)CC21. The summed E-state index contributed by atoms with van der Waals surface area (Å²) in [5.74, 6) is 0.210. The molecule has 0 amide bonds. The van der Waals surface area contributed by atoms with Crippen molar-refractivity contribution in [3.63, 3.8) is 0 Å². The third-order valence-corrected chi connectivity index (χ3v) is 6.52. The predicted octanol–water partition coefficient (Wildman–Crippen LogP) is 0.0629. The number of fused-ring (bicyclic) bond motifs is 1. The monoisotopic (exact) mass is 319 g/mol. The molecule has 0 N–H and O–H groups in total. The second kappa shape index (κ2) is 7.37. The van der Waals surface area contributed by atoms with Gasteiger partial charge in [-0.1, -0.05) is 13.8 Å². The van der Waals surface area contributed by atoms with E-state index in [1.54, 1.807) is 4.31 Å². The molecule has 0 aromatic carbocycles. The lowest BCUT2D eigenvalue weighted by atomic mass is 10.0. The van der Waals surface area contributed by atoms with Crippen molar-refractivity contribution in [2.45, 2.75) is 32.4 Å². The maximum Gasteiger partial charge on any atom is 0.215 e. The molecule has 2 rings (SSSR count). The van der Waals surface area contributed by atoms with Crippen LogP contribution in [-0.4, -0.2) is 93.3 Å². The molecule has 2 aliphatic rings. The van der Waals surface area contributed by atoms with Crippen LogP contribution in [0.3, 0.4) is 0 Å². The quantitative estimate of drug-likeness (QED) is 0.693. The standard InChI is InChI=1S/C14H29N3O3S/c1-4-16(5-2)9-11-21(18,19)17-8-10-20-14-6-7-15(3)12-13(14)17/h13-14H,4-12H2,1-3H3. The summed E-state index contributed by atoms with van der Waals surface area (Å²) in [6.45, 7) is 9.30. The van der Waals surface area contributed by atoms with E-state index in [4.69, 9.17) is 4.74 Å². The zero-order chi connectivity index (χ0) is 15.5. The Morgan fingerprint density at radius 3 is 2.62 bits per heavy atom. The van der Waals surface area contributed by atoms with Gasteiger partial charge in [0.2, 0.25) is 10.0 Å². The Morgan fingerprint density at radius 1 is 1.24 bits per heavy atom. The van der Waals surface area contributed by atoms with Crippen LogP contribution in [0, 0.1) is 0 Å². The van der Waals surface area contributed by atoms with Crippen LogP contribution in [0.1, 0.15) is 20.3 Å². The number of rotatable bonds is 6. The van der Waals surface area contributed by atoms with Crippen molar-refractivity contribution in [1.29, 1.82) is 0 Å². The number of sulfonamides is 1. The third kappa shape index (κ3) is 4.16. The van der Waals surface area contributed by atoms with E-state index >= 15 is 0 Å². The van der Waals surface area contributed by atoms with Crippen LogP contribution < -0.4 is 0 Å². The van der Waals surface area contributed by atoms with Gasteiger partial charge in [0.15, 0.2) is 0 Å². The largest absolute Gasteiger partial charge is 0.375 e. The minimum atomic E-state index is -3.21. The summed E-state index contributed by atoms with van der Waals surface area (Å²) in [6, 6.07) is -0.0146. The Hall–Kier alpha value is -0.210. The van der Waals surface area contributed by atoms with Crippen molar-refractivity contribution in [2.75, 3.05) is 58.7 Å². The van der Waals surface area contributed by atoms with Crippen LogP contribution in [0.25, 0.3) is 0 Å². The summed E-state index contributed by atoms with van der Waals surface area (Å²) in [4.78, 5) is 4.35. The van der Waals surface area contributed by atoms with Gasteiger partial charge in [-0.05, 0) is 26.6 Å². The van der Waals surface area contributed by atoms with Crippen molar-refractivity contribution >= 4 is 10.0 Å². The summed E-state index contributed by atoms with van der Waals surface area (Å²) >= 11 is 0. The lowest BCUT2D eigenvalue weighted by molar-refractivity contribution is -0.0719. The summed E-state index contributed by atoms with van der Waals surface area (Å²) in [6.07, 6.45) is 0.988. The molecule has 0 bridgehead atoms. The molecule has 2 fully saturated rings. The number of hydrogen-bond acceptors (Lipinski definition) is 5. The van der Waals surface area contributed by atoms with Crippen LogP contribution in [-0.2, 0) is 14.8 Å². The Morgan fingerprint density at radius 2 is 1.95 bits per heavy atom. The minimum Gasteiger partial charge on any atom is -0.375 e. The van der Waals surface area contributed by atoms with E-state index in [2.05, 4.69) is 23.6 Å². The lowest BCUT2D eigenvalue weighted by Crippen LogP contribution is -2.61. The van der Waals surface area contributed by atoms with Crippen molar-refractivity contribution in [1.82, 2.24) is 14.1 Å². The van der Waals surface area contributed by atoms with Crippen LogP contribution in [0.5, 0.6) is 0 Å². The molecule has 0 aromatic rings. The summed E-state index contributed by atoms with van der Waals surface area (Å²) in [7, 11) is -1.16. The second-order valence-electron chi connectivity index (χ2n) is 5.98. The molecular weight excluding hydrogens is 290 g/mol. The highest BCUT2D eigenvalue weighted by Crippen LogP contribution is 2.25. The second-order valence-corrected chi connectivity index (χ2v) is 8.02. The first-order chi connectivity index (χ1) is 9.97. The Bertz CT molecular complexity index is 425. The zero-order valence-electron chi connectivity index (χ0n) is 13.5. The summed E-state index contributed by atoms with van der Waals surface area (Å²) < 4.78 is 32.9. The van der Waals surface area contributed by atoms with Crippen molar-refractivity contribution in [3.8, 4) is 0 Å². The number of ether oxygens (including phenoxy) is 1. The molecule has 2 heterocycles. The van der Waals surface area contributed by atoms with E-state index in [0.29, 0.717) is 19.7 Å². The number of piperidine rings is 1. The molecule has 6 nitrogen and oxygen atoms in total. The molecule has 2 aliphatic heterocycles. The maximum absolute atomic E-state index is 12.7. The van der Waals surface area contributed by atoms with Gasteiger partial charge in [-0.3, -0.25) is 0 Å². The molecule has 2 saturated heterocycles. The average molecular weight is 319 g/mol. The first-order valence-corrected chi connectivity index (χ1v) is 9.60. The van der Waals surface area contributed by atoms with Crippen LogP contribution in [0.4, 0.5) is 0 Å². The predicted molar refractivity (Wildman–Crippen MR) is 83.9 cm³/mol. The minimum absolute atomic E-state index is 0.0146. The van der Waals surface area contributed by atoms with E-state index < -0.39 is 10.0 Å². The fraction of sp³-hybridized carbons (Fsp3) is 1.00. The zero-order valence-corrected chi connectivity index (χ0v) is 14.3. The Labute approximate surface area is 129 Å². The van der Waals surface area contributed by atoms with E-state index in [1.807, 2.05) is 7.05 Å². The van der Waals surface area contributed by atoms with Gasteiger partial charge in [-0.15, -0.1) is 0 Å². The fourth-order valence-corrected chi connectivity index (χ4v) is 4.94. The highest BCUT2D eigenvalue weighted by atomic mass is 32.2. The summed E-state index contributed by atoms with van der Waals surface area (Å²) in [5, 5.41) is 0. The smallest absolute Gasteiger partial charge is 0.215 e. The number of morpholine rings is 1. The highest BCUT2D eigenvalue weighted by molar-refractivity contribution is 7.89. The Kier molecular flexibility index (Phi) is 6.02. The molecule has 21 heavy (non-hydrogen) atoms. The molecule has 0 aromatic heterocycles. The molecule has 0 aliphatic carbocycles. The third-order valence-electron chi connectivity index (χ3n) is 4.65. The van der Waals surface area contributed by atoms with Crippen molar-refractivity contribution in [3.05, 3.63) is 0 Å². The van der Waals surface area contributed by atoms with E-state index in [1.165, 1.54) is 0 Å². The molecule has 7 heteroatoms. The van der Waals surface area contributed by atoms with Crippen LogP contribution >= 0.6 is 0 Å². The fourth-order valence-electron chi connectivity index (χ4n) is 3.25. The molecule has 2 unspecified atom stereocenters. The lowest BCUT2D eigenvalue weighted by Gasteiger charge is -2.45. The Balaban J connectivity index is 2.03. The van der Waals surface area contributed by atoms with Crippen LogP contribution in [0.15, 0.2) is 0 Å². The molecule has 0 spiro atoms. The summed E-state index contributed by atoms with van der Waals surface area (Å²) in [5.41, 5.74) is 0. The van der Waals surface area contributed by atoms with Gasteiger partial charge in [-0.2, -0.15) is 4.31 Å².